The van der Waals surface area contributed by atoms with Crippen molar-refractivity contribution in [3.05, 3.63) is 28.8 Å². The first-order valence-corrected chi connectivity index (χ1v) is 6.44. The van der Waals surface area contributed by atoms with E-state index in [2.05, 4.69) is 23.5 Å². The van der Waals surface area contributed by atoms with Crippen LogP contribution >= 0.6 is 0 Å². The highest BCUT2D eigenvalue weighted by molar-refractivity contribution is 5.43. The number of nitriles is 1. The molecule has 4 heteroatoms. The first-order chi connectivity index (χ1) is 9.08. The molecule has 4 nitrogen and oxygen atoms in total. The van der Waals surface area contributed by atoms with Gasteiger partial charge in [0.25, 0.3) is 0 Å². The van der Waals surface area contributed by atoms with Crippen molar-refractivity contribution in [2.75, 3.05) is 20.3 Å². The molecule has 0 amide bonds. The molecule has 0 aliphatic carbocycles. The molecule has 0 heterocycles. The summed E-state index contributed by atoms with van der Waals surface area (Å²) < 4.78 is 10.6. The molecule has 0 radical (unpaired) electrons. The number of ether oxygens (including phenoxy) is 2. The molecule has 19 heavy (non-hydrogen) atoms. The van der Waals surface area contributed by atoms with E-state index in [4.69, 9.17) is 14.7 Å². The second kappa shape index (κ2) is 7.78. The number of rotatable bonds is 7. The van der Waals surface area contributed by atoms with Gasteiger partial charge in [-0.3, -0.25) is 0 Å². The van der Waals surface area contributed by atoms with E-state index in [9.17, 15) is 0 Å². The van der Waals surface area contributed by atoms with Crippen molar-refractivity contribution in [3.63, 3.8) is 0 Å². The molecule has 1 aromatic carbocycles. The third kappa shape index (κ3) is 4.90. The highest BCUT2D eigenvalue weighted by Crippen LogP contribution is 2.25. The van der Waals surface area contributed by atoms with Gasteiger partial charge in [-0.05, 0) is 37.5 Å². The van der Waals surface area contributed by atoms with E-state index in [1.54, 1.807) is 14.0 Å². The van der Waals surface area contributed by atoms with E-state index in [-0.39, 0.29) is 0 Å². The standard InChI is InChI=1S/C15H22N2O2/c1-11-7-14(10-17-5-6-18-4)8-12(2)15(11)19-13(3)9-16/h7-8,13,17H,5-6,10H2,1-4H3. The minimum Gasteiger partial charge on any atom is -0.475 e. The van der Waals surface area contributed by atoms with Crippen LogP contribution in [0.5, 0.6) is 5.75 Å². The summed E-state index contributed by atoms with van der Waals surface area (Å²) in [5.41, 5.74) is 3.33. The van der Waals surface area contributed by atoms with Crippen molar-refractivity contribution >= 4 is 0 Å². The second-order valence-electron chi connectivity index (χ2n) is 4.62. The number of hydrogen-bond acceptors (Lipinski definition) is 4. The fraction of sp³-hybridized carbons (Fsp3) is 0.533. The molecule has 0 bridgehead atoms. The SMILES string of the molecule is COCCNCc1cc(C)c(OC(C)C#N)c(C)c1. The molecule has 0 saturated heterocycles. The van der Waals surface area contributed by atoms with Crippen molar-refractivity contribution in [2.45, 2.75) is 33.4 Å². The van der Waals surface area contributed by atoms with Gasteiger partial charge in [-0.15, -0.1) is 0 Å². The zero-order valence-electron chi connectivity index (χ0n) is 12.1. The topological polar surface area (TPSA) is 54.3 Å². The highest BCUT2D eigenvalue weighted by Gasteiger charge is 2.09. The van der Waals surface area contributed by atoms with Gasteiger partial charge in [-0.2, -0.15) is 5.26 Å². The Hall–Kier alpha value is -1.57. The van der Waals surface area contributed by atoms with Gasteiger partial charge in [-0.25, -0.2) is 0 Å². The Morgan fingerprint density at radius 2 is 1.95 bits per heavy atom. The summed E-state index contributed by atoms with van der Waals surface area (Å²) in [6, 6.07) is 6.26. The molecule has 1 atom stereocenters. The van der Waals surface area contributed by atoms with Crippen LogP contribution in [0.1, 0.15) is 23.6 Å². The molecular formula is C15H22N2O2. The Morgan fingerprint density at radius 1 is 1.32 bits per heavy atom. The van der Waals surface area contributed by atoms with Gasteiger partial charge in [0.1, 0.15) is 11.8 Å². The third-order valence-corrected chi connectivity index (χ3v) is 2.81. The third-order valence-electron chi connectivity index (χ3n) is 2.81. The molecule has 1 rings (SSSR count). The summed E-state index contributed by atoms with van der Waals surface area (Å²) in [7, 11) is 1.69. The second-order valence-corrected chi connectivity index (χ2v) is 4.62. The number of aryl methyl sites for hydroxylation is 2. The molecule has 104 valence electrons. The zero-order chi connectivity index (χ0) is 14.3. The van der Waals surface area contributed by atoms with Crippen LogP contribution in [-0.2, 0) is 11.3 Å². The molecule has 1 aromatic rings. The van der Waals surface area contributed by atoms with Crippen molar-refractivity contribution in [1.29, 1.82) is 5.26 Å². The van der Waals surface area contributed by atoms with Crippen LogP contribution < -0.4 is 10.1 Å². The van der Waals surface area contributed by atoms with Gasteiger partial charge < -0.3 is 14.8 Å². The van der Waals surface area contributed by atoms with Crippen LogP contribution in [0.4, 0.5) is 0 Å². The molecule has 1 unspecified atom stereocenters. The van der Waals surface area contributed by atoms with E-state index >= 15 is 0 Å². The normalized spacial score (nSPS) is 11.9. The van der Waals surface area contributed by atoms with Crippen molar-refractivity contribution in [3.8, 4) is 11.8 Å². The molecule has 0 aromatic heterocycles. The fourth-order valence-electron chi connectivity index (χ4n) is 1.94. The molecular weight excluding hydrogens is 240 g/mol. The maximum Gasteiger partial charge on any atom is 0.181 e. The van der Waals surface area contributed by atoms with E-state index in [1.807, 2.05) is 13.8 Å². The number of benzene rings is 1. The Bertz CT molecular complexity index is 429. The summed E-state index contributed by atoms with van der Waals surface area (Å²) in [6.45, 7) is 8.10. The van der Waals surface area contributed by atoms with Gasteiger partial charge in [0, 0.05) is 20.2 Å². The minimum atomic E-state index is -0.428. The maximum absolute atomic E-state index is 8.80. The molecule has 0 saturated carbocycles. The lowest BCUT2D eigenvalue weighted by molar-refractivity contribution is 0.199. The van der Waals surface area contributed by atoms with Crippen LogP contribution in [0.25, 0.3) is 0 Å². The van der Waals surface area contributed by atoms with Gasteiger partial charge in [-0.1, -0.05) is 12.1 Å². The Kier molecular flexibility index (Phi) is 6.34. The predicted octanol–water partition coefficient (Wildman–Crippen LogP) is 2.33. The first kappa shape index (κ1) is 15.5. The molecule has 1 N–H and O–H groups in total. The molecule has 0 aliphatic heterocycles. The van der Waals surface area contributed by atoms with Gasteiger partial charge in [0.2, 0.25) is 0 Å². The summed E-state index contributed by atoms with van der Waals surface area (Å²) >= 11 is 0. The predicted molar refractivity (Wildman–Crippen MR) is 75.2 cm³/mol. The summed E-state index contributed by atoms with van der Waals surface area (Å²) in [6.07, 6.45) is -0.428. The lowest BCUT2D eigenvalue weighted by Crippen LogP contribution is -2.19. The van der Waals surface area contributed by atoms with Gasteiger partial charge in [0.15, 0.2) is 6.10 Å². The van der Waals surface area contributed by atoms with Crippen LogP contribution in [-0.4, -0.2) is 26.4 Å². The fourth-order valence-corrected chi connectivity index (χ4v) is 1.94. The van der Waals surface area contributed by atoms with Crippen molar-refractivity contribution < 1.29 is 9.47 Å². The summed E-state index contributed by atoms with van der Waals surface area (Å²) in [5, 5.41) is 12.1. The average Bonchev–Trinajstić information content (AvgIpc) is 2.38. The maximum atomic E-state index is 8.80. The summed E-state index contributed by atoms with van der Waals surface area (Å²) in [4.78, 5) is 0. The number of hydrogen-bond donors (Lipinski definition) is 1. The van der Waals surface area contributed by atoms with E-state index in [0.29, 0.717) is 6.61 Å². The Morgan fingerprint density at radius 3 is 2.47 bits per heavy atom. The summed E-state index contributed by atoms with van der Waals surface area (Å²) in [5.74, 6) is 0.815. The highest BCUT2D eigenvalue weighted by atomic mass is 16.5. The quantitative estimate of drug-likeness (QED) is 0.766. The van der Waals surface area contributed by atoms with Crippen LogP contribution in [0.2, 0.25) is 0 Å². The van der Waals surface area contributed by atoms with Crippen molar-refractivity contribution in [2.24, 2.45) is 0 Å². The van der Waals surface area contributed by atoms with Crippen LogP contribution in [0.3, 0.4) is 0 Å². The Balaban J connectivity index is 2.71. The lowest BCUT2D eigenvalue weighted by Gasteiger charge is -2.15. The molecule has 0 fully saturated rings. The van der Waals surface area contributed by atoms with Crippen molar-refractivity contribution in [1.82, 2.24) is 5.32 Å². The molecule has 0 aliphatic rings. The Labute approximate surface area is 115 Å². The number of methoxy groups -OCH3 is 1. The monoisotopic (exact) mass is 262 g/mol. The lowest BCUT2D eigenvalue weighted by atomic mass is 10.1. The molecule has 0 spiro atoms. The zero-order valence-corrected chi connectivity index (χ0v) is 12.1. The minimum absolute atomic E-state index is 0.428. The van der Waals surface area contributed by atoms with Gasteiger partial charge >= 0.3 is 0 Å². The smallest absolute Gasteiger partial charge is 0.181 e. The van der Waals surface area contributed by atoms with E-state index < -0.39 is 6.10 Å². The van der Waals surface area contributed by atoms with E-state index in [1.165, 1.54) is 5.56 Å². The van der Waals surface area contributed by atoms with Crippen LogP contribution in [0.15, 0.2) is 12.1 Å². The average molecular weight is 262 g/mol. The number of nitrogens with zero attached hydrogens (tertiary/aromatic N) is 1. The first-order valence-electron chi connectivity index (χ1n) is 6.44. The van der Waals surface area contributed by atoms with Gasteiger partial charge in [0.05, 0.1) is 6.61 Å². The van der Waals surface area contributed by atoms with Crippen LogP contribution in [0, 0.1) is 25.2 Å². The largest absolute Gasteiger partial charge is 0.475 e. The number of nitrogens with one attached hydrogen (secondary N) is 1. The van der Waals surface area contributed by atoms with E-state index in [0.717, 1.165) is 30.0 Å².